The first-order chi connectivity index (χ1) is 27.0. The molecule has 0 spiro atoms. The van der Waals surface area contributed by atoms with Crippen LogP contribution >= 0.6 is 0 Å². The van der Waals surface area contributed by atoms with Gasteiger partial charge in [0.1, 0.15) is 0 Å². The van der Waals surface area contributed by atoms with Crippen LogP contribution in [0.4, 0.5) is 11.4 Å². The Morgan fingerprint density at radius 2 is 0.564 bits per heavy atom. The predicted molar refractivity (Wildman–Crippen MR) is 243 cm³/mol. The molecule has 0 fully saturated rings. The van der Waals surface area contributed by atoms with Crippen molar-refractivity contribution in [2.45, 2.75) is 187 Å². The van der Waals surface area contributed by atoms with Gasteiger partial charge in [-0.25, -0.2) is 0 Å². The smallest absolute Gasteiger partial charge is 0.0314 e. The monoisotopic (exact) mass is 743 g/mol. The molecule has 2 nitrogen and oxygen atoms in total. The third-order valence-electron chi connectivity index (χ3n) is 11.8. The summed E-state index contributed by atoms with van der Waals surface area (Å²) in [5.41, 5.74) is 25.4. The van der Waals surface area contributed by atoms with E-state index in [-0.39, 0.29) is 0 Å². The fourth-order valence-corrected chi connectivity index (χ4v) is 8.33. The van der Waals surface area contributed by atoms with E-state index >= 15 is 0 Å². The summed E-state index contributed by atoms with van der Waals surface area (Å²) in [4.78, 5) is 0. The Balaban J connectivity index is 0.997. The van der Waals surface area contributed by atoms with Gasteiger partial charge < -0.3 is 11.5 Å². The molecular weight excluding hydrogens is 665 g/mol. The third-order valence-corrected chi connectivity index (χ3v) is 11.8. The van der Waals surface area contributed by atoms with Gasteiger partial charge in [-0.15, -0.1) is 0 Å². The summed E-state index contributed by atoms with van der Waals surface area (Å²) in [7, 11) is 0. The first-order valence-corrected chi connectivity index (χ1v) is 22.9. The molecule has 0 saturated heterocycles. The maximum atomic E-state index is 5.90. The SMILES string of the molecule is CCCCCc1cc(Cc2ccc(N)cc2)ccc1CCCCCCCCCCCCCCCCCc1ccc(Cc2ccc(N)cc2)cc1CCCCC. The van der Waals surface area contributed by atoms with Crippen molar-refractivity contribution in [2.75, 3.05) is 11.5 Å². The fourth-order valence-electron chi connectivity index (χ4n) is 8.33. The molecule has 4 aromatic rings. The summed E-state index contributed by atoms with van der Waals surface area (Å²) in [6, 6.07) is 31.3. The molecule has 0 aromatic heterocycles. The van der Waals surface area contributed by atoms with Gasteiger partial charge in [-0.1, -0.05) is 184 Å². The Morgan fingerprint density at radius 1 is 0.291 bits per heavy atom. The van der Waals surface area contributed by atoms with E-state index in [1.54, 1.807) is 22.3 Å². The average Bonchev–Trinajstić information content (AvgIpc) is 3.19. The number of unbranched alkanes of at least 4 members (excludes halogenated alkanes) is 18. The van der Waals surface area contributed by atoms with Crippen molar-refractivity contribution in [3.63, 3.8) is 0 Å². The van der Waals surface area contributed by atoms with Gasteiger partial charge in [-0.3, -0.25) is 0 Å². The van der Waals surface area contributed by atoms with Gasteiger partial charge in [0.15, 0.2) is 0 Å². The minimum absolute atomic E-state index is 0.842. The largest absolute Gasteiger partial charge is 0.399 e. The van der Waals surface area contributed by atoms with Gasteiger partial charge in [-0.05, 0) is 133 Å². The quantitative estimate of drug-likeness (QED) is 0.0413. The van der Waals surface area contributed by atoms with E-state index in [2.05, 4.69) is 74.5 Å². The highest BCUT2D eigenvalue weighted by atomic mass is 14.5. The Hall–Kier alpha value is -3.52. The molecule has 0 aliphatic rings. The summed E-state index contributed by atoms with van der Waals surface area (Å²) in [6.07, 6.45) is 35.8. The molecular formula is C53H78N2. The van der Waals surface area contributed by atoms with Crippen LogP contribution in [0.3, 0.4) is 0 Å². The van der Waals surface area contributed by atoms with Gasteiger partial charge in [0.2, 0.25) is 0 Å². The highest BCUT2D eigenvalue weighted by Crippen LogP contribution is 2.23. The second kappa shape index (κ2) is 27.1. The van der Waals surface area contributed by atoms with E-state index in [0.29, 0.717) is 0 Å². The molecule has 0 saturated carbocycles. The molecule has 0 atom stereocenters. The van der Waals surface area contributed by atoms with Gasteiger partial charge in [-0.2, -0.15) is 0 Å². The van der Waals surface area contributed by atoms with Crippen LogP contribution < -0.4 is 11.5 Å². The van der Waals surface area contributed by atoms with Crippen LogP contribution in [0, 0.1) is 0 Å². The Labute approximate surface area is 338 Å². The molecule has 0 radical (unpaired) electrons. The maximum Gasteiger partial charge on any atom is 0.0314 e. The summed E-state index contributed by atoms with van der Waals surface area (Å²) < 4.78 is 0. The Bertz CT molecular complexity index is 1450. The number of hydrogen-bond acceptors (Lipinski definition) is 2. The summed E-state index contributed by atoms with van der Waals surface area (Å²) in [6.45, 7) is 4.61. The zero-order valence-electron chi connectivity index (χ0n) is 35.3. The highest BCUT2D eigenvalue weighted by molar-refractivity contribution is 5.43. The number of aryl methyl sites for hydroxylation is 4. The molecule has 4 aromatic carbocycles. The zero-order chi connectivity index (χ0) is 38.8. The molecule has 55 heavy (non-hydrogen) atoms. The van der Waals surface area contributed by atoms with Gasteiger partial charge in [0.05, 0.1) is 0 Å². The average molecular weight is 743 g/mol. The number of anilines is 2. The minimum atomic E-state index is 0.842. The summed E-state index contributed by atoms with van der Waals surface area (Å²) in [5, 5.41) is 0. The number of hydrogen-bond donors (Lipinski definition) is 2. The first kappa shape index (κ1) is 44.2. The van der Waals surface area contributed by atoms with Crippen molar-refractivity contribution in [3.05, 3.63) is 129 Å². The normalized spacial score (nSPS) is 11.4. The molecule has 2 heteroatoms. The van der Waals surface area contributed by atoms with E-state index in [9.17, 15) is 0 Å². The molecule has 4 rings (SSSR count). The Kier molecular flexibility index (Phi) is 21.8. The topological polar surface area (TPSA) is 52.0 Å². The van der Waals surface area contributed by atoms with E-state index in [1.165, 1.54) is 183 Å². The lowest BCUT2D eigenvalue weighted by molar-refractivity contribution is 0.530. The Morgan fingerprint density at radius 3 is 0.891 bits per heavy atom. The zero-order valence-corrected chi connectivity index (χ0v) is 35.3. The van der Waals surface area contributed by atoms with Crippen molar-refractivity contribution >= 4 is 11.4 Å². The van der Waals surface area contributed by atoms with Crippen LogP contribution in [0.15, 0.2) is 84.9 Å². The fraction of sp³-hybridized carbons (Fsp3) is 0.547. The lowest BCUT2D eigenvalue weighted by Gasteiger charge is -2.13. The molecule has 4 N–H and O–H groups in total. The number of nitrogens with two attached hydrogens (primary N) is 2. The molecule has 0 amide bonds. The molecule has 0 bridgehead atoms. The van der Waals surface area contributed by atoms with Crippen LogP contribution in [0.5, 0.6) is 0 Å². The minimum Gasteiger partial charge on any atom is -0.399 e. The second-order valence-corrected chi connectivity index (χ2v) is 16.8. The van der Waals surface area contributed by atoms with Gasteiger partial charge in [0, 0.05) is 11.4 Å². The number of benzene rings is 4. The van der Waals surface area contributed by atoms with Crippen LogP contribution in [0.2, 0.25) is 0 Å². The van der Waals surface area contributed by atoms with E-state index < -0.39 is 0 Å². The molecule has 0 aliphatic carbocycles. The van der Waals surface area contributed by atoms with Crippen LogP contribution in [0.1, 0.15) is 193 Å². The molecule has 300 valence electrons. The van der Waals surface area contributed by atoms with Crippen molar-refractivity contribution < 1.29 is 0 Å². The number of nitrogen functional groups attached to an aromatic ring is 2. The standard InChI is InChI=1S/C53H78N2/c1-3-5-20-26-50-42-46(40-44-30-36-52(54)37-31-44)28-34-48(50)24-22-18-16-14-12-10-8-7-9-11-13-15-17-19-23-25-49-35-29-47(43-51(49)27-21-6-4-2)41-45-32-38-53(55)39-33-45/h28-39,42-43H,3-27,40-41,54-55H2,1-2H3. The van der Waals surface area contributed by atoms with Crippen LogP contribution in [-0.4, -0.2) is 0 Å². The molecule has 0 unspecified atom stereocenters. The van der Waals surface area contributed by atoms with Crippen LogP contribution in [-0.2, 0) is 38.5 Å². The summed E-state index contributed by atoms with van der Waals surface area (Å²) in [5.74, 6) is 0. The van der Waals surface area contributed by atoms with Crippen LogP contribution in [0.25, 0.3) is 0 Å². The first-order valence-electron chi connectivity index (χ1n) is 22.9. The van der Waals surface area contributed by atoms with Crippen molar-refractivity contribution in [3.8, 4) is 0 Å². The van der Waals surface area contributed by atoms with E-state index in [1.807, 2.05) is 24.3 Å². The predicted octanol–water partition coefficient (Wildman–Crippen LogP) is 15.1. The lowest BCUT2D eigenvalue weighted by Crippen LogP contribution is -1.99. The third kappa shape index (κ3) is 18.3. The second-order valence-electron chi connectivity index (χ2n) is 16.8. The van der Waals surface area contributed by atoms with E-state index in [4.69, 9.17) is 11.5 Å². The summed E-state index contributed by atoms with van der Waals surface area (Å²) >= 11 is 0. The van der Waals surface area contributed by atoms with Crippen molar-refractivity contribution in [2.24, 2.45) is 0 Å². The molecule has 0 heterocycles. The molecule has 0 aliphatic heterocycles. The van der Waals surface area contributed by atoms with Crippen molar-refractivity contribution in [1.29, 1.82) is 0 Å². The van der Waals surface area contributed by atoms with Crippen molar-refractivity contribution in [1.82, 2.24) is 0 Å². The lowest BCUT2D eigenvalue weighted by atomic mass is 9.93. The van der Waals surface area contributed by atoms with E-state index in [0.717, 1.165) is 24.2 Å². The number of rotatable bonds is 30. The van der Waals surface area contributed by atoms with Gasteiger partial charge in [0.25, 0.3) is 0 Å². The van der Waals surface area contributed by atoms with Gasteiger partial charge >= 0.3 is 0 Å². The highest BCUT2D eigenvalue weighted by Gasteiger charge is 2.08. The maximum absolute atomic E-state index is 5.90.